The zero-order valence-electron chi connectivity index (χ0n) is 17.5. The van der Waals surface area contributed by atoms with E-state index < -0.39 is 0 Å². The molecule has 2 aromatic rings. The van der Waals surface area contributed by atoms with E-state index in [0.29, 0.717) is 26.1 Å². The van der Waals surface area contributed by atoms with E-state index in [-0.39, 0.29) is 30.1 Å². The van der Waals surface area contributed by atoms with Crippen LogP contribution in [0.4, 0.5) is 11.4 Å². The highest BCUT2D eigenvalue weighted by Crippen LogP contribution is 2.34. The van der Waals surface area contributed by atoms with Crippen molar-refractivity contribution < 1.29 is 14.4 Å². The first-order valence-corrected chi connectivity index (χ1v) is 10.5. The molecule has 2 aliphatic rings. The summed E-state index contributed by atoms with van der Waals surface area (Å²) in [4.78, 5) is 40.8. The van der Waals surface area contributed by atoms with E-state index in [9.17, 15) is 14.4 Å². The topological polar surface area (TPSA) is 69.7 Å². The number of amides is 3. The number of hydrogen-bond acceptors (Lipinski definition) is 3. The van der Waals surface area contributed by atoms with Crippen LogP contribution in [0.15, 0.2) is 42.5 Å². The van der Waals surface area contributed by atoms with E-state index in [1.165, 1.54) is 5.56 Å². The highest BCUT2D eigenvalue weighted by atomic mass is 16.2. The number of carbonyl (C=O) groups excluding carboxylic acids is 3. The van der Waals surface area contributed by atoms with Gasteiger partial charge in [-0.3, -0.25) is 14.4 Å². The minimum absolute atomic E-state index is 0.0371. The third kappa shape index (κ3) is 3.95. The predicted molar refractivity (Wildman–Crippen MR) is 116 cm³/mol. The van der Waals surface area contributed by atoms with Gasteiger partial charge in [0, 0.05) is 43.9 Å². The molecule has 0 spiro atoms. The van der Waals surface area contributed by atoms with Crippen LogP contribution in [0.2, 0.25) is 0 Å². The van der Waals surface area contributed by atoms with Gasteiger partial charge in [0.1, 0.15) is 0 Å². The van der Waals surface area contributed by atoms with Gasteiger partial charge in [-0.2, -0.15) is 0 Å². The average molecular weight is 405 g/mol. The minimum Gasteiger partial charge on any atom is -0.352 e. The molecule has 0 radical (unpaired) electrons. The molecule has 0 bridgehead atoms. The van der Waals surface area contributed by atoms with Crippen LogP contribution in [0.1, 0.15) is 36.5 Å². The van der Waals surface area contributed by atoms with Gasteiger partial charge < -0.3 is 15.1 Å². The van der Waals surface area contributed by atoms with E-state index in [2.05, 4.69) is 5.32 Å². The van der Waals surface area contributed by atoms with Crippen molar-refractivity contribution in [3.05, 3.63) is 59.2 Å². The van der Waals surface area contributed by atoms with E-state index in [4.69, 9.17) is 0 Å². The molecule has 0 aromatic heterocycles. The van der Waals surface area contributed by atoms with Crippen molar-refractivity contribution in [2.75, 3.05) is 22.9 Å². The van der Waals surface area contributed by atoms with Gasteiger partial charge in [0.05, 0.1) is 5.92 Å². The van der Waals surface area contributed by atoms with Crippen LogP contribution in [0.5, 0.6) is 0 Å². The molecule has 1 N–H and O–H groups in total. The molecule has 1 fully saturated rings. The molecule has 0 aliphatic carbocycles. The summed E-state index contributed by atoms with van der Waals surface area (Å²) >= 11 is 0. The summed E-state index contributed by atoms with van der Waals surface area (Å²) in [5, 5.41) is 2.96. The zero-order valence-corrected chi connectivity index (χ0v) is 17.5. The second-order valence-corrected chi connectivity index (χ2v) is 8.07. The number of nitrogens with zero attached hydrogens (tertiary/aromatic N) is 2. The van der Waals surface area contributed by atoms with Crippen molar-refractivity contribution >= 4 is 29.1 Å². The number of nitrogens with one attached hydrogen (secondary N) is 1. The lowest BCUT2D eigenvalue weighted by molar-refractivity contribution is -0.126. The van der Waals surface area contributed by atoms with Crippen molar-refractivity contribution in [1.29, 1.82) is 0 Å². The second kappa shape index (κ2) is 8.30. The summed E-state index contributed by atoms with van der Waals surface area (Å²) in [6, 6.07) is 13.8. The van der Waals surface area contributed by atoms with Crippen molar-refractivity contribution in [3.63, 3.8) is 0 Å². The van der Waals surface area contributed by atoms with Crippen molar-refractivity contribution in [2.45, 2.75) is 39.7 Å². The number of anilines is 2. The molecule has 0 saturated carbocycles. The number of benzene rings is 2. The standard InChI is InChI=1S/C24H27N3O3/c1-3-22(28)26-11-10-18-12-20(8-9-21(18)26)27-15-19(13-23(27)29)24(30)25-14-17-6-4-16(2)5-7-17/h4-9,12,19H,3,10-11,13-15H2,1-2H3,(H,25,30). The quantitative estimate of drug-likeness (QED) is 0.832. The largest absolute Gasteiger partial charge is 0.352 e. The number of carbonyl (C=O) groups is 3. The molecule has 3 amide bonds. The normalized spacial score (nSPS) is 17.9. The summed E-state index contributed by atoms with van der Waals surface area (Å²) in [6.07, 6.45) is 1.49. The molecule has 1 saturated heterocycles. The number of rotatable bonds is 5. The molecule has 156 valence electrons. The number of fused-ring (bicyclic) bond motifs is 1. The van der Waals surface area contributed by atoms with Crippen LogP contribution < -0.4 is 15.1 Å². The van der Waals surface area contributed by atoms with Crippen LogP contribution in [0, 0.1) is 12.8 Å². The van der Waals surface area contributed by atoms with Crippen molar-refractivity contribution in [1.82, 2.24) is 5.32 Å². The number of aryl methyl sites for hydroxylation is 1. The fourth-order valence-electron chi connectivity index (χ4n) is 4.18. The van der Waals surface area contributed by atoms with E-state index >= 15 is 0 Å². The Hall–Kier alpha value is -3.15. The summed E-state index contributed by atoms with van der Waals surface area (Å²) < 4.78 is 0. The first-order chi connectivity index (χ1) is 14.5. The van der Waals surface area contributed by atoms with Gasteiger partial charge in [-0.25, -0.2) is 0 Å². The molecule has 1 atom stereocenters. The Labute approximate surface area is 176 Å². The van der Waals surface area contributed by atoms with E-state index in [1.807, 2.05) is 61.2 Å². The Balaban J connectivity index is 1.40. The first-order valence-electron chi connectivity index (χ1n) is 10.5. The monoisotopic (exact) mass is 405 g/mol. The molecule has 2 heterocycles. The molecule has 2 aliphatic heterocycles. The summed E-state index contributed by atoms with van der Waals surface area (Å²) in [5.41, 5.74) is 5.04. The fourth-order valence-corrected chi connectivity index (χ4v) is 4.18. The molecule has 4 rings (SSSR count). The maximum atomic E-state index is 12.6. The first kappa shape index (κ1) is 20.1. The molecule has 1 unspecified atom stereocenters. The molecule has 2 aromatic carbocycles. The lowest BCUT2D eigenvalue weighted by atomic mass is 10.1. The van der Waals surface area contributed by atoms with Crippen LogP contribution in [0.25, 0.3) is 0 Å². The van der Waals surface area contributed by atoms with Gasteiger partial charge in [0.15, 0.2) is 0 Å². The summed E-state index contributed by atoms with van der Waals surface area (Å²) in [7, 11) is 0. The Bertz CT molecular complexity index is 984. The highest BCUT2D eigenvalue weighted by Gasteiger charge is 2.35. The minimum atomic E-state index is -0.352. The lowest BCUT2D eigenvalue weighted by Crippen LogP contribution is -2.32. The SMILES string of the molecule is CCC(=O)N1CCc2cc(N3CC(C(=O)NCc4ccc(C)cc4)CC3=O)ccc21. The smallest absolute Gasteiger partial charge is 0.227 e. The van der Waals surface area contributed by atoms with Gasteiger partial charge >= 0.3 is 0 Å². The van der Waals surface area contributed by atoms with Gasteiger partial charge in [0.2, 0.25) is 17.7 Å². The van der Waals surface area contributed by atoms with Crippen LogP contribution >= 0.6 is 0 Å². The summed E-state index contributed by atoms with van der Waals surface area (Å²) in [5.74, 6) is -0.365. The molecule has 6 nitrogen and oxygen atoms in total. The second-order valence-electron chi connectivity index (χ2n) is 8.07. The Morgan fingerprint density at radius 2 is 1.90 bits per heavy atom. The highest BCUT2D eigenvalue weighted by molar-refractivity contribution is 6.01. The van der Waals surface area contributed by atoms with Gasteiger partial charge in [-0.05, 0) is 42.7 Å². The molecule has 30 heavy (non-hydrogen) atoms. The molecule has 6 heteroatoms. The molecular weight excluding hydrogens is 378 g/mol. The third-order valence-corrected chi connectivity index (χ3v) is 5.96. The van der Waals surface area contributed by atoms with E-state index in [0.717, 1.165) is 28.9 Å². The summed E-state index contributed by atoms with van der Waals surface area (Å²) in [6.45, 7) is 5.42. The third-order valence-electron chi connectivity index (χ3n) is 5.96. The van der Waals surface area contributed by atoms with Crippen LogP contribution in [-0.4, -0.2) is 30.8 Å². The predicted octanol–water partition coefficient (Wildman–Crippen LogP) is 2.96. The van der Waals surface area contributed by atoms with E-state index in [1.54, 1.807) is 4.90 Å². The fraction of sp³-hybridized carbons (Fsp3) is 0.375. The Morgan fingerprint density at radius 3 is 2.63 bits per heavy atom. The van der Waals surface area contributed by atoms with Gasteiger partial charge in [-0.1, -0.05) is 36.8 Å². The lowest BCUT2D eigenvalue weighted by Gasteiger charge is -2.20. The van der Waals surface area contributed by atoms with Crippen LogP contribution in [-0.2, 0) is 27.3 Å². The van der Waals surface area contributed by atoms with Crippen molar-refractivity contribution in [3.8, 4) is 0 Å². The maximum Gasteiger partial charge on any atom is 0.227 e. The average Bonchev–Trinajstić information content (AvgIpc) is 3.35. The Morgan fingerprint density at radius 1 is 1.13 bits per heavy atom. The van der Waals surface area contributed by atoms with Gasteiger partial charge in [0.25, 0.3) is 0 Å². The van der Waals surface area contributed by atoms with Gasteiger partial charge in [-0.15, -0.1) is 0 Å². The maximum absolute atomic E-state index is 12.6. The van der Waals surface area contributed by atoms with Crippen molar-refractivity contribution in [2.24, 2.45) is 5.92 Å². The zero-order chi connectivity index (χ0) is 21.3. The van der Waals surface area contributed by atoms with Crippen LogP contribution in [0.3, 0.4) is 0 Å². The number of hydrogen-bond donors (Lipinski definition) is 1. The molecular formula is C24H27N3O3. The Kier molecular flexibility index (Phi) is 5.57.